The van der Waals surface area contributed by atoms with Gasteiger partial charge in [-0.05, 0) is 31.1 Å². The summed E-state index contributed by atoms with van der Waals surface area (Å²) in [7, 11) is 0. The van der Waals surface area contributed by atoms with E-state index in [1.165, 1.54) is 0 Å². The number of hydrogen-bond donors (Lipinski definition) is 1. The van der Waals surface area contributed by atoms with Crippen LogP contribution in [0.4, 0.5) is 5.69 Å². The van der Waals surface area contributed by atoms with Crippen LogP contribution in [-0.4, -0.2) is 18.2 Å². The van der Waals surface area contributed by atoms with E-state index < -0.39 is 0 Å². The van der Waals surface area contributed by atoms with Crippen molar-refractivity contribution < 1.29 is 5.11 Å². The highest BCUT2D eigenvalue weighted by molar-refractivity contribution is 5.75. The zero-order valence-corrected chi connectivity index (χ0v) is 9.39. The van der Waals surface area contributed by atoms with Gasteiger partial charge in [0.25, 0.3) is 0 Å². The molecule has 0 amide bonds. The van der Waals surface area contributed by atoms with Crippen LogP contribution in [0.5, 0.6) is 0 Å². The van der Waals surface area contributed by atoms with Crippen molar-refractivity contribution in [3.63, 3.8) is 0 Å². The van der Waals surface area contributed by atoms with E-state index >= 15 is 0 Å². The zero-order chi connectivity index (χ0) is 11.4. The third-order valence-electron chi connectivity index (χ3n) is 2.86. The summed E-state index contributed by atoms with van der Waals surface area (Å²) in [5.41, 5.74) is 2.07. The summed E-state index contributed by atoms with van der Waals surface area (Å²) in [5.74, 6) is 0.399. The summed E-state index contributed by atoms with van der Waals surface area (Å²) < 4.78 is 0. The number of hydrogen-bond acceptors (Lipinski definition) is 2. The van der Waals surface area contributed by atoms with Crippen molar-refractivity contribution in [2.45, 2.75) is 12.8 Å². The van der Waals surface area contributed by atoms with Crippen molar-refractivity contribution in [2.24, 2.45) is 0 Å². The molecule has 0 fully saturated rings. The van der Waals surface area contributed by atoms with E-state index in [0.717, 1.165) is 37.2 Å². The van der Waals surface area contributed by atoms with Crippen LogP contribution >= 0.6 is 0 Å². The molecule has 0 saturated heterocycles. The molecule has 1 aliphatic rings. The third-order valence-corrected chi connectivity index (χ3v) is 2.86. The van der Waals surface area contributed by atoms with Gasteiger partial charge in [0.2, 0.25) is 0 Å². The summed E-state index contributed by atoms with van der Waals surface area (Å²) in [6.45, 7) is 5.53. The lowest BCUT2D eigenvalue weighted by atomic mass is 10.1. The van der Waals surface area contributed by atoms with Gasteiger partial charge in [-0.3, -0.25) is 0 Å². The van der Waals surface area contributed by atoms with E-state index in [0.29, 0.717) is 5.76 Å². The fourth-order valence-corrected chi connectivity index (χ4v) is 2.01. The van der Waals surface area contributed by atoms with Crippen molar-refractivity contribution in [2.75, 3.05) is 18.0 Å². The number of benzene rings is 1. The first-order chi connectivity index (χ1) is 7.83. The Morgan fingerprint density at radius 3 is 3.00 bits per heavy atom. The first-order valence-corrected chi connectivity index (χ1v) is 5.67. The number of aliphatic hydroxyl groups is 1. The summed E-state index contributed by atoms with van der Waals surface area (Å²) in [6.07, 6.45) is 5.96. The average molecular weight is 215 g/mol. The first-order valence-electron chi connectivity index (χ1n) is 5.67. The van der Waals surface area contributed by atoms with Gasteiger partial charge in [-0.25, -0.2) is 0 Å². The van der Waals surface area contributed by atoms with Gasteiger partial charge < -0.3 is 10.0 Å². The van der Waals surface area contributed by atoms with Gasteiger partial charge in [-0.15, -0.1) is 6.58 Å². The van der Waals surface area contributed by atoms with Crippen LogP contribution in [0.3, 0.4) is 0 Å². The molecule has 1 aromatic carbocycles. The summed E-state index contributed by atoms with van der Waals surface area (Å²) >= 11 is 0. The van der Waals surface area contributed by atoms with E-state index in [4.69, 9.17) is 0 Å². The largest absolute Gasteiger partial charge is 0.508 e. The number of unbranched alkanes of at least 4 members (excludes halogenated alkanes) is 1. The molecule has 84 valence electrons. The second-order valence-electron chi connectivity index (χ2n) is 3.98. The molecule has 16 heavy (non-hydrogen) atoms. The molecule has 2 nitrogen and oxygen atoms in total. The molecule has 2 rings (SSSR count). The van der Waals surface area contributed by atoms with Crippen molar-refractivity contribution in [1.29, 1.82) is 0 Å². The zero-order valence-electron chi connectivity index (χ0n) is 9.39. The summed E-state index contributed by atoms with van der Waals surface area (Å²) in [5, 5.41) is 9.77. The van der Waals surface area contributed by atoms with E-state index in [1.54, 1.807) is 0 Å². The quantitative estimate of drug-likeness (QED) is 0.615. The lowest BCUT2D eigenvalue weighted by Gasteiger charge is -2.29. The molecule has 0 aromatic heterocycles. The van der Waals surface area contributed by atoms with Gasteiger partial charge >= 0.3 is 0 Å². The van der Waals surface area contributed by atoms with Crippen LogP contribution < -0.4 is 4.90 Å². The number of rotatable bonds is 4. The van der Waals surface area contributed by atoms with Crippen molar-refractivity contribution in [1.82, 2.24) is 0 Å². The highest BCUT2D eigenvalue weighted by atomic mass is 16.3. The Balaban J connectivity index is 2.16. The molecule has 0 spiro atoms. The molecule has 0 radical (unpaired) electrons. The van der Waals surface area contributed by atoms with Crippen molar-refractivity contribution in [3.8, 4) is 0 Å². The van der Waals surface area contributed by atoms with Crippen LogP contribution in [-0.2, 0) is 0 Å². The molecule has 2 heteroatoms. The topological polar surface area (TPSA) is 23.5 Å². The second kappa shape index (κ2) is 4.88. The van der Waals surface area contributed by atoms with Crippen LogP contribution in [0.15, 0.2) is 43.0 Å². The van der Waals surface area contributed by atoms with E-state index in [1.807, 2.05) is 30.4 Å². The van der Waals surface area contributed by atoms with Crippen LogP contribution in [0.2, 0.25) is 0 Å². The Hall–Kier alpha value is -1.70. The first kappa shape index (κ1) is 10.8. The molecule has 0 saturated carbocycles. The Labute approximate surface area is 96.5 Å². The number of fused-ring (bicyclic) bond motifs is 1. The number of para-hydroxylation sites is 1. The lowest BCUT2D eigenvalue weighted by molar-refractivity contribution is 0.507. The van der Waals surface area contributed by atoms with Crippen LogP contribution in [0.1, 0.15) is 18.4 Å². The van der Waals surface area contributed by atoms with E-state index in [2.05, 4.69) is 17.5 Å². The van der Waals surface area contributed by atoms with Gasteiger partial charge in [0.1, 0.15) is 5.76 Å². The number of anilines is 1. The molecule has 0 aliphatic carbocycles. The highest BCUT2D eigenvalue weighted by Crippen LogP contribution is 2.29. The maximum absolute atomic E-state index is 9.77. The average Bonchev–Trinajstić information content (AvgIpc) is 2.33. The van der Waals surface area contributed by atoms with E-state index in [-0.39, 0.29) is 0 Å². The maximum Gasteiger partial charge on any atom is 0.122 e. The molecule has 0 bridgehead atoms. The smallest absolute Gasteiger partial charge is 0.122 e. The highest BCUT2D eigenvalue weighted by Gasteiger charge is 2.16. The van der Waals surface area contributed by atoms with Gasteiger partial charge in [0.15, 0.2) is 0 Å². The maximum atomic E-state index is 9.77. The number of nitrogens with zero attached hydrogens (tertiary/aromatic N) is 1. The van der Waals surface area contributed by atoms with Gasteiger partial charge in [0.05, 0.1) is 0 Å². The molecule has 1 N–H and O–H groups in total. The van der Waals surface area contributed by atoms with Crippen molar-refractivity contribution >= 4 is 11.4 Å². The molecule has 0 unspecified atom stereocenters. The molecule has 1 aliphatic heterocycles. The summed E-state index contributed by atoms with van der Waals surface area (Å²) in [6, 6.07) is 7.99. The molecule has 1 aromatic rings. The van der Waals surface area contributed by atoms with Crippen LogP contribution in [0.25, 0.3) is 5.76 Å². The monoisotopic (exact) mass is 215 g/mol. The van der Waals surface area contributed by atoms with Gasteiger partial charge in [0, 0.05) is 24.3 Å². The minimum absolute atomic E-state index is 0.399. The Morgan fingerprint density at radius 2 is 2.19 bits per heavy atom. The third kappa shape index (κ3) is 2.11. The minimum atomic E-state index is 0.399. The molecule has 1 heterocycles. The van der Waals surface area contributed by atoms with E-state index in [9.17, 15) is 5.11 Å². The predicted molar refractivity (Wildman–Crippen MR) is 68.7 cm³/mol. The predicted octanol–water partition coefficient (Wildman–Crippen LogP) is 3.37. The van der Waals surface area contributed by atoms with Crippen molar-refractivity contribution in [3.05, 3.63) is 48.6 Å². The molecular formula is C14H17NO. The van der Waals surface area contributed by atoms with Gasteiger partial charge in [-0.2, -0.15) is 0 Å². The second-order valence-corrected chi connectivity index (χ2v) is 3.98. The SMILES string of the molecule is C=CCCCN1CC=C(O)c2ccccc21. The molecular weight excluding hydrogens is 198 g/mol. The fourth-order valence-electron chi connectivity index (χ4n) is 2.01. The standard InChI is InChI=1S/C14H17NO/c1-2-3-6-10-15-11-9-14(16)12-7-4-5-8-13(12)15/h2,4-5,7-9,16H,1,3,6,10-11H2. The number of allylic oxidation sites excluding steroid dienone is 1. The Kier molecular flexibility index (Phi) is 3.30. The summed E-state index contributed by atoms with van der Waals surface area (Å²) in [4.78, 5) is 2.29. The van der Waals surface area contributed by atoms with Crippen LogP contribution in [0, 0.1) is 0 Å². The lowest BCUT2D eigenvalue weighted by Crippen LogP contribution is -2.28. The Bertz CT molecular complexity index is 409. The number of aliphatic hydroxyl groups excluding tert-OH is 1. The fraction of sp³-hybridized carbons (Fsp3) is 0.286. The minimum Gasteiger partial charge on any atom is -0.508 e. The van der Waals surface area contributed by atoms with Gasteiger partial charge in [-0.1, -0.05) is 18.2 Å². The molecule has 0 atom stereocenters. The normalized spacial score (nSPS) is 14.2. The Morgan fingerprint density at radius 1 is 1.38 bits per heavy atom.